The van der Waals surface area contributed by atoms with E-state index < -0.39 is 12.1 Å². The normalized spacial score (nSPS) is 16.0. The largest absolute Gasteiger partial charge is 0.497 e. The van der Waals surface area contributed by atoms with Crippen LogP contribution in [0.3, 0.4) is 0 Å². The molecule has 7 nitrogen and oxygen atoms in total. The van der Waals surface area contributed by atoms with Crippen molar-refractivity contribution in [2.45, 2.75) is 19.9 Å². The Kier molecular flexibility index (Phi) is 5.98. The summed E-state index contributed by atoms with van der Waals surface area (Å²) in [5, 5.41) is 8.90. The summed E-state index contributed by atoms with van der Waals surface area (Å²) in [6, 6.07) is 9.39. The number of rotatable bonds is 5. The number of hydrogen-bond acceptors (Lipinski definition) is 4. The van der Waals surface area contributed by atoms with Crippen molar-refractivity contribution < 1.29 is 19.1 Å². The maximum Gasteiger partial charge on any atom is 0.319 e. The van der Waals surface area contributed by atoms with Gasteiger partial charge in [-0.2, -0.15) is 0 Å². The van der Waals surface area contributed by atoms with E-state index in [2.05, 4.69) is 16.0 Å². The van der Waals surface area contributed by atoms with E-state index >= 15 is 0 Å². The second-order valence-corrected chi connectivity index (χ2v) is 6.95. The lowest BCUT2D eigenvalue weighted by Gasteiger charge is -2.29. The predicted molar refractivity (Wildman–Crippen MR) is 111 cm³/mol. The molecular formula is C21H22ClN3O4. The van der Waals surface area contributed by atoms with Crippen molar-refractivity contribution in [2.75, 3.05) is 19.5 Å². The summed E-state index contributed by atoms with van der Waals surface area (Å²) in [4.78, 5) is 25.3. The molecule has 0 fully saturated rings. The highest BCUT2D eigenvalue weighted by Crippen LogP contribution is 2.36. The Hall–Kier alpha value is -3.19. The molecule has 29 heavy (non-hydrogen) atoms. The molecule has 8 heteroatoms. The van der Waals surface area contributed by atoms with Gasteiger partial charge in [-0.3, -0.25) is 4.79 Å². The molecule has 0 saturated heterocycles. The summed E-state index contributed by atoms with van der Waals surface area (Å²) in [7, 11) is 3.07. The number of halogens is 1. The first-order valence-corrected chi connectivity index (χ1v) is 9.30. The first kappa shape index (κ1) is 20.5. The monoisotopic (exact) mass is 415 g/mol. The second-order valence-electron chi connectivity index (χ2n) is 6.54. The number of urea groups is 1. The van der Waals surface area contributed by atoms with Crippen LogP contribution in [0.2, 0.25) is 5.02 Å². The van der Waals surface area contributed by atoms with Crippen molar-refractivity contribution >= 4 is 29.2 Å². The Bertz CT molecular complexity index is 1000. The molecule has 1 atom stereocenters. The molecule has 0 aromatic heterocycles. The molecule has 1 aliphatic heterocycles. The molecule has 0 unspecified atom stereocenters. The summed E-state index contributed by atoms with van der Waals surface area (Å²) in [5.74, 6) is 0.740. The molecular weight excluding hydrogens is 394 g/mol. The van der Waals surface area contributed by atoms with Gasteiger partial charge in [0.05, 0.1) is 25.8 Å². The highest BCUT2D eigenvalue weighted by Gasteiger charge is 2.33. The van der Waals surface area contributed by atoms with Gasteiger partial charge in [-0.15, -0.1) is 0 Å². The first-order valence-electron chi connectivity index (χ1n) is 8.92. The fourth-order valence-corrected chi connectivity index (χ4v) is 3.39. The van der Waals surface area contributed by atoms with Crippen LogP contribution in [0.15, 0.2) is 47.7 Å². The van der Waals surface area contributed by atoms with E-state index in [-0.39, 0.29) is 5.91 Å². The zero-order chi connectivity index (χ0) is 21.1. The molecule has 0 radical (unpaired) electrons. The Morgan fingerprint density at radius 2 is 1.90 bits per heavy atom. The summed E-state index contributed by atoms with van der Waals surface area (Å²) in [5.41, 5.74) is 2.81. The number of hydrogen-bond donors (Lipinski definition) is 3. The SMILES string of the molecule is COc1ccc([C@H]2NC(=O)NC(C)=C2C(=O)Nc2cccc(Cl)c2C)c(OC)c1. The summed E-state index contributed by atoms with van der Waals surface area (Å²) < 4.78 is 10.7. The van der Waals surface area contributed by atoms with Crippen molar-refractivity contribution in [1.82, 2.24) is 10.6 Å². The maximum absolute atomic E-state index is 13.2. The van der Waals surface area contributed by atoms with Crippen LogP contribution in [-0.2, 0) is 4.79 Å². The Labute approximate surface area is 174 Å². The van der Waals surface area contributed by atoms with E-state index in [1.54, 1.807) is 50.4 Å². The number of ether oxygens (including phenoxy) is 2. The van der Waals surface area contributed by atoms with Crippen LogP contribution in [0.4, 0.5) is 10.5 Å². The van der Waals surface area contributed by atoms with Gasteiger partial charge in [0.1, 0.15) is 11.5 Å². The number of anilines is 1. The van der Waals surface area contributed by atoms with E-state index in [1.807, 2.05) is 6.92 Å². The molecule has 0 spiro atoms. The minimum atomic E-state index is -0.705. The van der Waals surface area contributed by atoms with Crippen LogP contribution < -0.4 is 25.4 Å². The second kappa shape index (κ2) is 8.45. The molecule has 152 valence electrons. The van der Waals surface area contributed by atoms with Gasteiger partial charge in [-0.1, -0.05) is 17.7 Å². The van der Waals surface area contributed by atoms with Crippen LogP contribution in [0, 0.1) is 6.92 Å². The lowest BCUT2D eigenvalue weighted by Crippen LogP contribution is -2.46. The Balaban J connectivity index is 2.02. The molecule has 0 saturated carbocycles. The zero-order valence-electron chi connectivity index (χ0n) is 16.6. The van der Waals surface area contributed by atoms with Crippen molar-refractivity contribution in [2.24, 2.45) is 0 Å². The lowest BCUT2D eigenvalue weighted by molar-refractivity contribution is -0.113. The maximum atomic E-state index is 13.2. The molecule has 0 bridgehead atoms. The molecule has 3 N–H and O–H groups in total. The third-order valence-corrected chi connectivity index (χ3v) is 5.19. The average molecular weight is 416 g/mol. The first-order chi connectivity index (χ1) is 13.8. The van der Waals surface area contributed by atoms with Gasteiger partial charge in [0, 0.05) is 28.0 Å². The highest BCUT2D eigenvalue weighted by atomic mass is 35.5. The van der Waals surface area contributed by atoms with Crippen molar-refractivity contribution in [3.63, 3.8) is 0 Å². The van der Waals surface area contributed by atoms with E-state index in [0.29, 0.717) is 39.0 Å². The molecule has 1 heterocycles. The van der Waals surface area contributed by atoms with E-state index in [4.69, 9.17) is 21.1 Å². The molecule has 2 aromatic rings. The fraction of sp³-hybridized carbons (Fsp3) is 0.238. The predicted octanol–water partition coefficient (Wildman–Crippen LogP) is 3.93. The van der Waals surface area contributed by atoms with Gasteiger partial charge in [0.2, 0.25) is 0 Å². The Morgan fingerprint density at radius 1 is 1.14 bits per heavy atom. The average Bonchev–Trinajstić information content (AvgIpc) is 2.70. The molecule has 3 amide bonds. The fourth-order valence-electron chi connectivity index (χ4n) is 3.22. The molecule has 2 aromatic carbocycles. The number of methoxy groups -OCH3 is 2. The van der Waals surface area contributed by atoms with Crippen LogP contribution in [-0.4, -0.2) is 26.2 Å². The number of benzene rings is 2. The third kappa shape index (κ3) is 4.14. The minimum Gasteiger partial charge on any atom is -0.497 e. The zero-order valence-corrected chi connectivity index (χ0v) is 17.3. The van der Waals surface area contributed by atoms with Gasteiger partial charge in [0.15, 0.2) is 0 Å². The van der Waals surface area contributed by atoms with Crippen LogP contribution in [0.25, 0.3) is 0 Å². The van der Waals surface area contributed by atoms with Crippen LogP contribution in [0.5, 0.6) is 11.5 Å². The van der Waals surface area contributed by atoms with Crippen LogP contribution >= 0.6 is 11.6 Å². The number of nitrogens with one attached hydrogen (secondary N) is 3. The number of amides is 3. The smallest absolute Gasteiger partial charge is 0.319 e. The van der Waals surface area contributed by atoms with Crippen molar-refractivity contribution in [3.8, 4) is 11.5 Å². The van der Waals surface area contributed by atoms with Gasteiger partial charge in [-0.25, -0.2) is 4.79 Å². The summed E-state index contributed by atoms with van der Waals surface area (Å²) in [6.45, 7) is 3.51. The number of allylic oxidation sites excluding steroid dienone is 1. The number of carbonyl (C=O) groups excluding carboxylic acids is 2. The number of carbonyl (C=O) groups is 2. The minimum absolute atomic E-state index is 0.358. The van der Waals surface area contributed by atoms with E-state index in [0.717, 1.165) is 5.56 Å². The van der Waals surface area contributed by atoms with Gasteiger partial charge in [-0.05, 0) is 43.7 Å². The third-order valence-electron chi connectivity index (χ3n) is 4.78. The van der Waals surface area contributed by atoms with E-state index in [1.165, 1.54) is 7.11 Å². The quantitative estimate of drug-likeness (QED) is 0.690. The summed E-state index contributed by atoms with van der Waals surface area (Å²) >= 11 is 6.16. The topological polar surface area (TPSA) is 88.7 Å². The summed E-state index contributed by atoms with van der Waals surface area (Å²) in [6.07, 6.45) is 0. The molecule has 1 aliphatic rings. The highest BCUT2D eigenvalue weighted by molar-refractivity contribution is 6.31. The van der Waals surface area contributed by atoms with Crippen molar-refractivity contribution in [3.05, 3.63) is 63.8 Å². The van der Waals surface area contributed by atoms with Gasteiger partial charge < -0.3 is 25.4 Å². The van der Waals surface area contributed by atoms with E-state index in [9.17, 15) is 9.59 Å². The lowest BCUT2D eigenvalue weighted by atomic mass is 9.93. The molecule has 0 aliphatic carbocycles. The van der Waals surface area contributed by atoms with Gasteiger partial charge >= 0.3 is 6.03 Å². The standard InChI is InChI=1S/C21H22ClN3O4/c1-11-15(22)6-5-7-16(11)24-20(26)18-12(2)23-21(27)25-19(18)14-9-8-13(28-3)10-17(14)29-4/h5-10,19H,1-4H3,(H,24,26)(H2,23,25,27)/t19-/m1/s1. The molecule has 3 rings (SSSR count). The Morgan fingerprint density at radius 3 is 2.59 bits per heavy atom. The van der Waals surface area contributed by atoms with Crippen LogP contribution in [0.1, 0.15) is 24.1 Å². The van der Waals surface area contributed by atoms with Crippen molar-refractivity contribution in [1.29, 1.82) is 0 Å². The van der Waals surface area contributed by atoms with Gasteiger partial charge in [0.25, 0.3) is 5.91 Å².